The topological polar surface area (TPSA) is 38.9 Å². The van der Waals surface area contributed by atoms with Gasteiger partial charge in [-0.1, -0.05) is 13.8 Å². The van der Waals surface area contributed by atoms with Crippen LogP contribution in [0.1, 0.15) is 62.8 Å². The molecule has 2 aliphatic heterocycles. The third-order valence-electron chi connectivity index (χ3n) is 5.77. The minimum Gasteiger partial charge on any atom is -0.350 e. The van der Waals surface area contributed by atoms with Gasteiger partial charge >= 0.3 is 0 Å². The van der Waals surface area contributed by atoms with Gasteiger partial charge in [0.25, 0.3) is 0 Å². The van der Waals surface area contributed by atoms with Crippen molar-refractivity contribution in [1.29, 1.82) is 0 Å². The number of likely N-dealkylation sites (tertiary alicyclic amines) is 1. The molecule has 4 heterocycles. The number of nitrogens with zero attached hydrogens (tertiary/aromatic N) is 5. The van der Waals surface area contributed by atoms with Gasteiger partial charge in [-0.25, -0.2) is 0 Å². The standard InChI is InChI=1S/C20H31N5/c1-16(2)9-13-24-11-4-7-18(24)15-23-10-3-6-17(14-23)20-22-21-19-8-5-12-25(19)20/h4,7,11,16-17H,3,5-6,8-10,12-15H2,1-2H3/t17-/m0/s1. The first-order chi connectivity index (χ1) is 12.2. The maximum absolute atomic E-state index is 4.54. The SMILES string of the molecule is CC(C)CCn1cccc1CN1CCC[C@H](c2nnc3n2CCC3)C1. The molecular weight excluding hydrogens is 310 g/mol. The van der Waals surface area contributed by atoms with Gasteiger partial charge in [0.15, 0.2) is 0 Å². The predicted octanol–water partition coefficient (Wildman–Crippen LogP) is 3.45. The molecule has 1 atom stereocenters. The predicted molar refractivity (Wildman–Crippen MR) is 99.5 cm³/mol. The van der Waals surface area contributed by atoms with Gasteiger partial charge < -0.3 is 9.13 Å². The van der Waals surface area contributed by atoms with Crippen molar-refractivity contribution in [2.24, 2.45) is 5.92 Å². The molecular formula is C20H31N5. The Morgan fingerprint density at radius 1 is 1.20 bits per heavy atom. The second-order valence-corrected chi connectivity index (χ2v) is 8.18. The zero-order valence-corrected chi connectivity index (χ0v) is 15.7. The van der Waals surface area contributed by atoms with Crippen LogP contribution in [0.3, 0.4) is 0 Å². The highest BCUT2D eigenvalue weighted by Gasteiger charge is 2.28. The van der Waals surface area contributed by atoms with E-state index in [0.29, 0.717) is 5.92 Å². The molecule has 0 amide bonds. The van der Waals surface area contributed by atoms with Crippen LogP contribution in [0.15, 0.2) is 18.3 Å². The minimum atomic E-state index is 0.548. The fourth-order valence-corrected chi connectivity index (χ4v) is 4.32. The van der Waals surface area contributed by atoms with Crippen molar-refractivity contribution in [1.82, 2.24) is 24.2 Å². The monoisotopic (exact) mass is 341 g/mol. The lowest BCUT2D eigenvalue weighted by atomic mass is 9.97. The number of aryl methyl sites for hydroxylation is 2. The Balaban J connectivity index is 1.41. The first kappa shape index (κ1) is 16.8. The second kappa shape index (κ2) is 7.32. The second-order valence-electron chi connectivity index (χ2n) is 8.18. The molecule has 2 aliphatic rings. The van der Waals surface area contributed by atoms with Crippen LogP contribution in [0.5, 0.6) is 0 Å². The summed E-state index contributed by atoms with van der Waals surface area (Å²) in [5, 5.41) is 8.96. The Kier molecular flexibility index (Phi) is 4.93. The number of piperidine rings is 1. The lowest BCUT2D eigenvalue weighted by Crippen LogP contribution is -2.35. The summed E-state index contributed by atoms with van der Waals surface area (Å²) in [5.74, 6) is 3.75. The minimum absolute atomic E-state index is 0.548. The van der Waals surface area contributed by atoms with Crippen molar-refractivity contribution >= 4 is 0 Å². The van der Waals surface area contributed by atoms with E-state index in [1.807, 2.05) is 0 Å². The largest absolute Gasteiger partial charge is 0.350 e. The normalized spacial score (nSPS) is 21.2. The van der Waals surface area contributed by atoms with Crippen LogP contribution in [-0.2, 0) is 26.1 Å². The van der Waals surface area contributed by atoms with Gasteiger partial charge in [-0.15, -0.1) is 10.2 Å². The van der Waals surface area contributed by atoms with Gasteiger partial charge in [-0.05, 0) is 50.3 Å². The number of aromatic nitrogens is 4. The smallest absolute Gasteiger partial charge is 0.137 e. The molecule has 0 aliphatic carbocycles. The summed E-state index contributed by atoms with van der Waals surface area (Å²) in [6.07, 6.45) is 8.34. The van der Waals surface area contributed by atoms with Crippen molar-refractivity contribution in [3.63, 3.8) is 0 Å². The van der Waals surface area contributed by atoms with Crippen LogP contribution in [0.4, 0.5) is 0 Å². The van der Waals surface area contributed by atoms with Crippen LogP contribution in [0.2, 0.25) is 0 Å². The summed E-state index contributed by atoms with van der Waals surface area (Å²) in [4.78, 5) is 2.62. The Hall–Kier alpha value is -1.62. The Labute approximate surface area is 151 Å². The van der Waals surface area contributed by atoms with E-state index in [2.05, 4.69) is 56.4 Å². The molecule has 0 spiro atoms. The lowest BCUT2D eigenvalue weighted by Gasteiger charge is -2.32. The van der Waals surface area contributed by atoms with E-state index in [1.54, 1.807) is 0 Å². The quantitative estimate of drug-likeness (QED) is 0.808. The molecule has 0 aromatic carbocycles. The van der Waals surface area contributed by atoms with Crippen molar-refractivity contribution in [2.75, 3.05) is 13.1 Å². The number of hydrogen-bond donors (Lipinski definition) is 0. The van der Waals surface area contributed by atoms with Crippen LogP contribution < -0.4 is 0 Å². The van der Waals surface area contributed by atoms with Gasteiger partial charge in [-0.2, -0.15) is 0 Å². The van der Waals surface area contributed by atoms with E-state index < -0.39 is 0 Å². The zero-order valence-electron chi connectivity index (χ0n) is 15.7. The van der Waals surface area contributed by atoms with Gasteiger partial charge in [0.1, 0.15) is 11.6 Å². The van der Waals surface area contributed by atoms with Gasteiger partial charge in [0, 0.05) is 50.4 Å². The molecule has 0 unspecified atom stereocenters. The van der Waals surface area contributed by atoms with Crippen LogP contribution in [-0.4, -0.2) is 37.3 Å². The number of hydrogen-bond acceptors (Lipinski definition) is 3. The molecule has 1 saturated heterocycles. The van der Waals surface area contributed by atoms with Crippen molar-refractivity contribution in [3.05, 3.63) is 35.7 Å². The summed E-state index contributed by atoms with van der Waals surface area (Å²) in [6, 6.07) is 4.49. The molecule has 4 rings (SSSR count). The molecule has 0 N–H and O–H groups in total. The first-order valence-corrected chi connectivity index (χ1v) is 9.99. The molecule has 136 valence electrons. The first-order valence-electron chi connectivity index (χ1n) is 9.99. The molecule has 0 radical (unpaired) electrons. The lowest BCUT2D eigenvalue weighted by molar-refractivity contribution is 0.190. The van der Waals surface area contributed by atoms with E-state index in [4.69, 9.17) is 0 Å². The molecule has 0 bridgehead atoms. The average Bonchev–Trinajstić information content (AvgIpc) is 3.30. The van der Waals surface area contributed by atoms with Crippen LogP contribution in [0, 0.1) is 5.92 Å². The molecule has 0 saturated carbocycles. The van der Waals surface area contributed by atoms with E-state index in [1.165, 1.54) is 49.6 Å². The van der Waals surface area contributed by atoms with Gasteiger partial charge in [0.2, 0.25) is 0 Å². The van der Waals surface area contributed by atoms with Crippen LogP contribution >= 0.6 is 0 Å². The molecule has 25 heavy (non-hydrogen) atoms. The van der Waals surface area contributed by atoms with Crippen molar-refractivity contribution in [3.8, 4) is 0 Å². The Bertz CT molecular complexity index is 699. The zero-order chi connectivity index (χ0) is 17.2. The Morgan fingerprint density at radius 3 is 3.00 bits per heavy atom. The van der Waals surface area contributed by atoms with E-state index in [-0.39, 0.29) is 0 Å². The average molecular weight is 342 g/mol. The molecule has 1 fully saturated rings. The molecule has 5 nitrogen and oxygen atoms in total. The van der Waals surface area contributed by atoms with Crippen LogP contribution in [0.25, 0.3) is 0 Å². The maximum Gasteiger partial charge on any atom is 0.137 e. The third-order valence-corrected chi connectivity index (χ3v) is 5.77. The molecule has 2 aromatic heterocycles. The third kappa shape index (κ3) is 3.66. The fraction of sp³-hybridized carbons (Fsp3) is 0.700. The van der Waals surface area contributed by atoms with E-state index >= 15 is 0 Å². The van der Waals surface area contributed by atoms with Gasteiger partial charge in [0.05, 0.1) is 0 Å². The maximum atomic E-state index is 4.54. The summed E-state index contributed by atoms with van der Waals surface area (Å²) in [7, 11) is 0. The Morgan fingerprint density at radius 2 is 2.12 bits per heavy atom. The summed E-state index contributed by atoms with van der Waals surface area (Å²) in [6.45, 7) is 10.2. The highest BCUT2D eigenvalue weighted by molar-refractivity contribution is 5.10. The number of fused-ring (bicyclic) bond motifs is 1. The van der Waals surface area contributed by atoms with Crippen molar-refractivity contribution in [2.45, 2.75) is 71.5 Å². The highest BCUT2D eigenvalue weighted by Crippen LogP contribution is 2.29. The van der Waals surface area contributed by atoms with E-state index in [0.717, 1.165) is 38.5 Å². The van der Waals surface area contributed by atoms with Crippen molar-refractivity contribution < 1.29 is 0 Å². The van der Waals surface area contributed by atoms with Gasteiger partial charge in [-0.3, -0.25) is 4.90 Å². The molecule has 5 heteroatoms. The summed E-state index contributed by atoms with van der Waals surface area (Å²) >= 11 is 0. The summed E-state index contributed by atoms with van der Waals surface area (Å²) in [5.41, 5.74) is 1.45. The highest BCUT2D eigenvalue weighted by atomic mass is 15.3. The number of rotatable bonds is 6. The van der Waals surface area contributed by atoms with E-state index in [9.17, 15) is 0 Å². The fourth-order valence-electron chi connectivity index (χ4n) is 4.32. The molecule has 2 aromatic rings. The summed E-state index contributed by atoms with van der Waals surface area (Å²) < 4.78 is 4.83.